The molecule has 1 N–H and O–H groups in total. The van der Waals surface area contributed by atoms with Crippen LogP contribution < -0.4 is 4.74 Å². The van der Waals surface area contributed by atoms with Crippen molar-refractivity contribution in [1.82, 2.24) is 4.98 Å². The molecule has 96 valence electrons. The molecule has 2 rings (SSSR count). The number of aryl methyl sites for hydroxylation is 1. The largest absolute Gasteiger partial charge is 0.494 e. The Labute approximate surface area is 117 Å². The molecule has 1 heterocycles. The molecule has 0 aliphatic heterocycles. The summed E-state index contributed by atoms with van der Waals surface area (Å²) in [6.45, 7) is 5.02. The number of aromatic nitrogens is 1. The lowest BCUT2D eigenvalue weighted by Crippen LogP contribution is -1.94. The number of rotatable bonds is 5. The third kappa shape index (κ3) is 3.00. The minimum Gasteiger partial charge on any atom is -0.494 e. The van der Waals surface area contributed by atoms with Crippen LogP contribution in [0.1, 0.15) is 25.1 Å². The fourth-order valence-electron chi connectivity index (χ4n) is 1.78. The zero-order chi connectivity index (χ0) is 13.0. The topological polar surface area (TPSA) is 25.0 Å². The van der Waals surface area contributed by atoms with Crippen molar-refractivity contribution in [2.24, 2.45) is 0 Å². The number of hydrogen-bond acceptors (Lipinski definition) is 3. The van der Waals surface area contributed by atoms with E-state index < -0.39 is 0 Å². The minimum atomic E-state index is 0.764. The van der Waals surface area contributed by atoms with Gasteiger partial charge >= 0.3 is 0 Å². The molecule has 0 saturated heterocycles. The summed E-state index contributed by atoms with van der Waals surface area (Å²) in [4.78, 5) is 4.57. The Kier molecular flexibility index (Phi) is 4.55. The molecule has 0 saturated carbocycles. The Morgan fingerprint density at radius 3 is 2.56 bits per heavy atom. The number of nitrogens with one attached hydrogen (secondary N) is 1. The number of hydrogen-bond donors (Lipinski definition) is 1. The summed E-state index contributed by atoms with van der Waals surface area (Å²) in [6.07, 6.45) is 2.03. The van der Waals surface area contributed by atoms with E-state index in [0.29, 0.717) is 0 Å². The van der Waals surface area contributed by atoms with E-state index in [2.05, 4.69) is 31.0 Å². The van der Waals surface area contributed by atoms with Crippen LogP contribution in [-0.2, 0) is 6.42 Å². The van der Waals surface area contributed by atoms with Gasteiger partial charge in [-0.25, -0.2) is 0 Å². The lowest BCUT2D eigenvalue weighted by molar-refractivity contribution is 0.317. The van der Waals surface area contributed by atoms with Crippen molar-refractivity contribution in [3.05, 3.63) is 33.1 Å². The summed E-state index contributed by atoms with van der Waals surface area (Å²) in [5.74, 6) is 0.924. The highest BCUT2D eigenvalue weighted by atomic mass is 32.1. The zero-order valence-corrected chi connectivity index (χ0v) is 12.3. The first-order valence-electron chi connectivity index (χ1n) is 6.19. The first kappa shape index (κ1) is 13.3. The maximum atomic E-state index is 5.58. The highest BCUT2D eigenvalue weighted by molar-refractivity contribution is 7.73. The van der Waals surface area contributed by atoms with Crippen LogP contribution in [0.25, 0.3) is 11.3 Å². The molecule has 0 radical (unpaired) electrons. The van der Waals surface area contributed by atoms with Crippen molar-refractivity contribution in [2.45, 2.75) is 26.7 Å². The molecule has 0 unspecified atom stereocenters. The van der Waals surface area contributed by atoms with Gasteiger partial charge in [0.2, 0.25) is 0 Å². The normalized spacial score (nSPS) is 10.6. The standard InChI is InChI=1S/C14H17NOS2/c1-3-9-16-11-7-5-10(6-8-11)13-12(4-2)18-14(17)15-13/h5-8H,3-4,9H2,1-2H3,(H,15,17). The van der Waals surface area contributed by atoms with Crippen LogP contribution in [0.3, 0.4) is 0 Å². The van der Waals surface area contributed by atoms with Crippen molar-refractivity contribution >= 4 is 23.6 Å². The van der Waals surface area contributed by atoms with E-state index in [4.69, 9.17) is 17.0 Å². The Bertz CT molecular complexity index is 554. The fourth-order valence-corrected chi connectivity index (χ4v) is 2.98. The van der Waals surface area contributed by atoms with Gasteiger partial charge in [-0.2, -0.15) is 0 Å². The molecule has 0 fully saturated rings. The molecule has 18 heavy (non-hydrogen) atoms. The van der Waals surface area contributed by atoms with Crippen LogP contribution in [0.5, 0.6) is 5.75 Å². The predicted molar refractivity (Wildman–Crippen MR) is 80.1 cm³/mol. The lowest BCUT2D eigenvalue weighted by atomic mass is 10.1. The summed E-state index contributed by atoms with van der Waals surface area (Å²) in [5.41, 5.74) is 2.32. The van der Waals surface area contributed by atoms with E-state index >= 15 is 0 Å². The monoisotopic (exact) mass is 279 g/mol. The number of benzene rings is 1. The molecule has 4 heteroatoms. The Balaban J connectivity index is 2.25. The average Bonchev–Trinajstić information content (AvgIpc) is 2.78. The van der Waals surface area contributed by atoms with Gasteiger partial charge in [-0.1, -0.05) is 13.8 Å². The second-order valence-electron chi connectivity index (χ2n) is 4.04. The molecule has 1 aromatic heterocycles. The second kappa shape index (κ2) is 6.16. The Morgan fingerprint density at radius 1 is 1.22 bits per heavy atom. The summed E-state index contributed by atoms with van der Waals surface area (Å²) >= 11 is 6.86. The van der Waals surface area contributed by atoms with Crippen LogP contribution in [-0.4, -0.2) is 11.6 Å². The van der Waals surface area contributed by atoms with Crippen molar-refractivity contribution < 1.29 is 4.74 Å². The molecule has 2 aromatic rings. The van der Waals surface area contributed by atoms with Gasteiger partial charge in [0, 0.05) is 4.88 Å². The van der Waals surface area contributed by atoms with Crippen LogP contribution in [0, 0.1) is 3.95 Å². The van der Waals surface area contributed by atoms with Crippen molar-refractivity contribution in [1.29, 1.82) is 0 Å². The summed E-state index contributed by atoms with van der Waals surface area (Å²) in [6, 6.07) is 8.19. The molecule has 0 spiro atoms. The molecule has 0 bridgehead atoms. The summed E-state index contributed by atoms with van der Waals surface area (Å²) in [5, 5.41) is 0. The first-order chi connectivity index (χ1) is 8.74. The van der Waals surface area contributed by atoms with E-state index in [1.165, 1.54) is 10.4 Å². The maximum absolute atomic E-state index is 5.58. The summed E-state index contributed by atoms with van der Waals surface area (Å²) in [7, 11) is 0. The third-order valence-electron chi connectivity index (χ3n) is 2.66. The lowest BCUT2D eigenvalue weighted by Gasteiger charge is -2.06. The minimum absolute atomic E-state index is 0.764. The molecule has 0 aliphatic carbocycles. The van der Waals surface area contributed by atoms with Gasteiger partial charge in [0.05, 0.1) is 12.3 Å². The van der Waals surface area contributed by atoms with Gasteiger partial charge in [0.25, 0.3) is 0 Å². The van der Waals surface area contributed by atoms with Gasteiger partial charge in [-0.15, -0.1) is 11.3 Å². The second-order valence-corrected chi connectivity index (χ2v) is 5.81. The maximum Gasteiger partial charge on any atom is 0.159 e. The van der Waals surface area contributed by atoms with Gasteiger partial charge in [0.1, 0.15) is 5.75 Å². The van der Waals surface area contributed by atoms with Crippen LogP contribution in [0.15, 0.2) is 24.3 Å². The molecular formula is C14H17NOS2. The number of thiazole rings is 1. The van der Waals surface area contributed by atoms with Crippen molar-refractivity contribution in [2.75, 3.05) is 6.61 Å². The summed E-state index contributed by atoms with van der Waals surface area (Å²) < 4.78 is 6.42. The van der Waals surface area contributed by atoms with Gasteiger partial charge < -0.3 is 9.72 Å². The first-order valence-corrected chi connectivity index (χ1v) is 7.42. The Morgan fingerprint density at radius 2 is 1.94 bits per heavy atom. The number of aromatic amines is 1. The predicted octanol–water partition coefficient (Wildman–Crippen LogP) is 4.82. The number of ether oxygens (including phenoxy) is 1. The molecular weight excluding hydrogens is 262 g/mol. The van der Waals surface area contributed by atoms with Crippen molar-refractivity contribution in [3.63, 3.8) is 0 Å². The highest BCUT2D eigenvalue weighted by Crippen LogP contribution is 2.28. The number of H-pyrrole nitrogens is 1. The molecule has 0 atom stereocenters. The van der Waals surface area contributed by atoms with Crippen LogP contribution >= 0.6 is 23.6 Å². The SMILES string of the molecule is CCCOc1ccc(-c2[nH]c(=S)sc2CC)cc1. The zero-order valence-electron chi connectivity index (χ0n) is 10.7. The van der Waals surface area contributed by atoms with Gasteiger partial charge in [-0.3, -0.25) is 0 Å². The smallest absolute Gasteiger partial charge is 0.159 e. The van der Waals surface area contributed by atoms with E-state index in [9.17, 15) is 0 Å². The molecule has 0 amide bonds. The molecule has 2 nitrogen and oxygen atoms in total. The van der Waals surface area contributed by atoms with Crippen molar-refractivity contribution in [3.8, 4) is 17.0 Å². The van der Waals surface area contributed by atoms with E-state index in [1.54, 1.807) is 11.3 Å². The highest BCUT2D eigenvalue weighted by Gasteiger charge is 2.07. The van der Waals surface area contributed by atoms with E-state index in [1.807, 2.05) is 12.1 Å². The third-order valence-corrected chi connectivity index (χ3v) is 4.04. The Hall–Kier alpha value is -1.13. The van der Waals surface area contributed by atoms with Gasteiger partial charge in [0.15, 0.2) is 3.95 Å². The molecule has 0 aliphatic rings. The molecule has 1 aromatic carbocycles. The fraction of sp³-hybridized carbons (Fsp3) is 0.357. The van der Waals surface area contributed by atoms with Crippen LogP contribution in [0.4, 0.5) is 0 Å². The van der Waals surface area contributed by atoms with E-state index in [-0.39, 0.29) is 0 Å². The van der Waals surface area contributed by atoms with Crippen LogP contribution in [0.2, 0.25) is 0 Å². The quantitative estimate of drug-likeness (QED) is 0.793. The van der Waals surface area contributed by atoms with E-state index in [0.717, 1.165) is 34.8 Å². The van der Waals surface area contributed by atoms with Gasteiger partial charge in [-0.05, 0) is 54.9 Å². The average molecular weight is 279 g/mol.